The van der Waals surface area contributed by atoms with Gasteiger partial charge >= 0.3 is 0 Å². The Bertz CT molecular complexity index is 480. The van der Waals surface area contributed by atoms with Crippen LogP contribution in [0.15, 0.2) is 0 Å². The van der Waals surface area contributed by atoms with Gasteiger partial charge in [0, 0.05) is 25.0 Å². The highest BCUT2D eigenvalue weighted by atomic mass is 16.5. The zero-order valence-electron chi connectivity index (χ0n) is 15.3. The summed E-state index contributed by atoms with van der Waals surface area (Å²) in [5.41, 5.74) is 0.755. The Balaban J connectivity index is 1.67. The molecule has 0 radical (unpaired) electrons. The highest BCUT2D eigenvalue weighted by molar-refractivity contribution is 5.85. The van der Waals surface area contributed by atoms with Crippen LogP contribution < -0.4 is 0 Å². The average molecular weight is 319 g/mol. The van der Waals surface area contributed by atoms with Crippen molar-refractivity contribution in [3.05, 3.63) is 0 Å². The van der Waals surface area contributed by atoms with Gasteiger partial charge in [-0.1, -0.05) is 33.6 Å². The minimum atomic E-state index is 0.254. The number of carbonyl (C=O) groups excluding carboxylic acids is 1. The van der Waals surface area contributed by atoms with E-state index in [4.69, 9.17) is 4.74 Å². The van der Waals surface area contributed by atoms with Crippen molar-refractivity contribution in [1.82, 2.24) is 0 Å². The lowest BCUT2D eigenvalue weighted by atomic mass is 9.42. The van der Waals surface area contributed by atoms with E-state index in [1.54, 1.807) is 0 Å². The Morgan fingerprint density at radius 1 is 1.09 bits per heavy atom. The quantitative estimate of drug-likeness (QED) is 0.690. The van der Waals surface area contributed by atoms with Crippen LogP contribution in [0.1, 0.15) is 72.1 Å². The van der Waals surface area contributed by atoms with Crippen LogP contribution >= 0.6 is 0 Å². The third kappa shape index (κ3) is 2.34. The number of hydrogen-bond donors (Lipinski definition) is 0. The zero-order valence-corrected chi connectivity index (χ0v) is 15.3. The summed E-state index contributed by atoms with van der Waals surface area (Å²) in [5, 5.41) is 0. The Labute approximate surface area is 141 Å². The first-order chi connectivity index (χ1) is 11.0. The van der Waals surface area contributed by atoms with E-state index >= 15 is 0 Å². The fourth-order valence-corrected chi connectivity index (χ4v) is 7.30. The van der Waals surface area contributed by atoms with E-state index < -0.39 is 0 Å². The molecule has 0 N–H and O–H groups in total. The molecule has 4 rings (SSSR count). The van der Waals surface area contributed by atoms with Crippen LogP contribution in [0.3, 0.4) is 0 Å². The van der Waals surface area contributed by atoms with Crippen molar-refractivity contribution in [2.45, 2.75) is 72.1 Å². The van der Waals surface area contributed by atoms with E-state index in [0.717, 1.165) is 25.6 Å². The van der Waals surface area contributed by atoms with Crippen LogP contribution in [0.5, 0.6) is 0 Å². The maximum Gasteiger partial charge on any atom is 0.139 e. The van der Waals surface area contributed by atoms with Gasteiger partial charge in [-0.3, -0.25) is 4.79 Å². The summed E-state index contributed by atoms with van der Waals surface area (Å²) in [4.78, 5) is 13.3. The molecule has 0 bridgehead atoms. The summed E-state index contributed by atoms with van der Waals surface area (Å²) in [6.45, 7) is 9.06. The van der Waals surface area contributed by atoms with Crippen LogP contribution in [-0.2, 0) is 9.53 Å². The molecule has 130 valence electrons. The van der Waals surface area contributed by atoms with Gasteiger partial charge in [0.1, 0.15) is 5.78 Å². The summed E-state index contributed by atoms with van der Waals surface area (Å²) in [6.07, 6.45) is 10.4. The third-order valence-corrected chi connectivity index (χ3v) is 8.61. The maximum atomic E-state index is 13.3. The van der Waals surface area contributed by atoms with Crippen LogP contribution in [0, 0.1) is 40.4 Å². The Morgan fingerprint density at radius 3 is 2.65 bits per heavy atom. The molecule has 0 aromatic carbocycles. The minimum absolute atomic E-state index is 0.254. The second-order valence-corrected chi connectivity index (χ2v) is 9.73. The van der Waals surface area contributed by atoms with Crippen LogP contribution in [0.25, 0.3) is 0 Å². The van der Waals surface area contributed by atoms with Gasteiger partial charge in [0.25, 0.3) is 0 Å². The normalized spacial score (nSPS) is 53.7. The van der Waals surface area contributed by atoms with Gasteiger partial charge in [0.05, 0.1) is 0 Å². The highest BCUT2D eigenvalue weighted by Gasteiger charge is 2.60. The van der Waals surface area contributed by atoms with Gasteiger partial charge in [-0.15, -0.1) is 0 Å². The van der Waals surface area contributed by atoms with Crippen molar-refractivity contribution in [3.63, 3.8) is 0 Å². The lowest BCUT2D eigenvalue weighted by molar-refractivity contribution is -0.162. The average Bonchev–Trinajstić information content (AvgIpc) is 3.05. The molecule has 3 saturated carbocycles. The lowest BCUT2D eigenvalue weighted by Crippen LogP contribution is -2.58. The minimum Gasteiger partial charge on any atom is -0.381 e. The fraction of sp³-hybridized carbons (Fsp3) is 0.952. The van der Waals surface area contributed by atoms with E-state index in [9.17, 15) is 4.79 Å². The van der Waals surface area contributed by atoms with Crippen molar-refractivity contribution >= 4 is 5.78 Å². The molecule has 3 aliphatic carbocycles. The monoisotopic (exact) mass is 318 g/mol. The number of carbonyl (C=O) groups is 1. The highest BCUT2D eigenvalue weighted by Crippen LogP contribution is 2.65. The van der Waals surface area contributed by atoms with Crippen molar-refractivity contribution in [2.24, 2.45) is 40.4 Å². The van der Waals surface area contributed by atoms with E-state index in [-0.39, 0.29) is 11.3 Å². The van der Waals surface area contributed by atoms with Gasteiger partial charge in [-0.05, 0) is 67.1 Å². The largest absolute Gasteiger partial charge is 0.381 e. The summed E-state index contributed by atoms with van der Waals surface area (Å²) >= 11 is 0. The molecule has 0 amide bonds. The molecule has 2 heteroatoms. The number of hydrogen-bond acceptors (Lipinski definition) is 2. The molecule has 0 spiro atoms. The van der Waals surface area contributed by atoms with Crippen molar-refractivity contribution < 1.29 is 9.53 Å². The van der Waals surface area contributed by atoms with Crippen molar-refractivity contribution in [2.75, 3.05) is 13.2 Å². The molecule has 4 fully saturated rings. The van der Waals surface area contributed by atoms with Gasteiger partial charge in [-0.2, -0.15) is 0 Å². The van der Waals surface area contributed by atoms with Gasteiger partial charge in [-0.25, -0.2) is 0 Å². The standard InChI is InChI=1S/C21H34O2/c1-14-16(15-8-11-23-13-15)12-21(3)17(19(14)22)7-10-20(2)9-5-4-6-18(20)21/h14-18H,4-13H2,1-3H3/t14?,15?,16?,17?,18?,20-,21+/m1/s1. The van der Waals surface area contributed by atoms with Gasteiger partial charge < -0.3 is 4.74 Å². The molecule has 1 heterocycles. The molecular formula is C21H34O2. The van der Waals surface area contributed by atoms with Crippen molar-refractivity contribution in [3.8, 4) is 0 Å². The zero-order chi connectivity index (χ0) is 16.2. The molecule has 0 aromatic heterocycles. The third-order valence-electron chi connectivity index (χ3n) is 8.61. The SMILES string of the molecule is CC1C(=O)C2CC[C@@]3(C)CCCCC3[C@@]2(C)CC1C1CCOC1. The molecule has 1 aliphatic heterocycles. The number of ether oxygens (including phenoxy) is 1. The topological polar surface area (TPSA) is 26.3 Å². The first-order valence-electron chi connectivity index (χ1n) is 10.1. The first kappa shape index (κ1) is 16.1. The van der Waals surface area contributed by atoms with Gasteiger partial charge in [0.2, 0.25) is 0 Å². The van der Waals surface area contributed by atoms with Crippen LogP contribution in [-0.4, -0.2) is 19.0 Å². The molecule has 5 unspecified atom stereocenters. The summed E-state index contributed by atoms with van der Waals surface area (Å²) < 4.78 is 5.68. The maximum absolute atomic E-state index is 13.3. The molecule has 0 aromatic rings. The molecule has 2 nitrogen and oxygen atoms in total. The molecular weight excluding hydrogens is 284 g/mol. The van der Waals surface area contributed by atoms with E-state index in [2.05, 4.69) is 20.8 Å². The number of ketones is 1. The molecule has 7 atom stereocenters. The lowest BCUT2D eigenvalue weighted by Gasteiger charge is -2.61. The predicted molar refractivity (Wildman–Crippen MR) is 92.1 cm³/mol. The van der Waals surface area contributed by atoms with E-state index in [1.807, 2.05) is 0 Å². The Kier molecular flexibility index (Phi) is 3.91. The van der Waals surface area contributed by atoms with E-state index in [1.165, 1.54) is 44.9 Å². The molecule has 1 saturated heterocycles. The second kappa shape index (κ2) is 5.58. The number of fused-ring (bicyclic) bond motifs is 3. The smallest absolute Gasteiger partial charge is 0.139 e. The fourth-order valence-electron chi connectivity index (χ4n) is 7.30. The van der Waals surface area contributed by atoms with Crippen LogP contribution in [0.2, 0.25) is 0 Å². The predicted octanol–water partition coefficient (Wildman–Crippen LogP) is 4.86. The van der Waals surface area contributed by atoms with Crippen LogP contribution in [0.4, 0.5) is 0 Å². The summed E-state index contributed by atoms with van der Waals surface area (Å²) in [6, 6.07) is 0. The van der Waals surface area contributed by atoms with Gasteiger partial charge in [0.15, 0.2) is 0 Å². The molecule has 4 aliphatic rings. The Morgan fingerprint density at radius 2 is 1.91 bits per heavy atom. The Hall–Kier alpha value is -0.370. The van der Waals surface area contributed by atoms with Crippen molar-refractivity contribution in [1.29, 1.82) is 0 Å². The number of Topliss-reactive ketones (excluding diaryl/α,β-unsaturated/α-hetero) is 1. The summed E-state index contributed by atoms with van der Waals surface area (Å²) in [5.74, 6) is 3.16. The number of rotatable bonds is 1. The first-order valence-corrected chi connectivity index (χ1v) is 10.1. The molecule has 23 heavy (non-hydrogen) atoms. The second-order valence-electron chi connectivity index (χ2n) is 9.73. The summed E-state index contributed by atoms with van der Waals surface area (Å²) in [7, 11) is 0. The van der Waals surface area contributed by atoms with E-state index in [0.29, 0.717) is 29.0 Å².